The van der Waals surface area contributed by atoms with Crippen molar-refractivity contribution in [1.82, 2.24) is 20.3 Å². The maximum Gasteiger partial charge on any atom is 0.263 e. The van der Waals surface area contributed by atoms with Gasteiger partial charge in [0.05, 0.1) is 24.1 Å². The van der Waals surface area contributed by atoms with Crippen molar-refractivity contribution in [3.63, 3.8) is 0 Å². The van der Waals surface area contributed by atoms with Gasteiger partial charge in [-0.2, -0.15) is 0 Å². The Morgan fingerprint density at radius 3 is 2.88 bits per heavy atom. The largest absolute Gasteiger partial charge is 0.490 e. The lowest BCUT2D eigenvalue weighted by Gasteiger charge is -2.29. The zero-order valence-electron chi connectivity index (χ0n) is 18.3. The van der Waals surface area contributed by atoms with Gasteiger partial charge in [0.25, 0.3) is 5.91 Å². The van der Waals surface area contributed by atoms with Gasteiger partial charge in [0.1, 0.15) is 17.2 Å². The van der Waals surface area contributed by atoms with E-state index in [1.807, 2.05) is 32.0 Å². The summed E-state index contributed by atoms with van der Waals surface area (Å²) in [6, 6.07) is 5.64. The second kappa shape index (κ2) is 7.40. The molecule has 3 aromatic rings. The maximum atomic E-state index is 14.1. The molecular formula is C22H23FN6O2S. The summed E-state index contributed by atoms with van der Waals surface area (Å²) in [5.41, 5.74) is 2.05. The van der Waals surface area contributed by atoms with E-state index in [0.717, 1.165) is 22.1 Å². The van der Waals surface area contributed by atoms with Crippen LogP contribution in [0.15, 0.2) is 24.4 Å². The van der Waals surface area contributed by atoms with E-state index in [0.29, 0.717) is 36.0 Å². The highest BCUT2D eigenvalue weighted by Gasteiger charge is 2.34. The molecule has 2 aliphatic heterocycles. The number of fused-ring (bicyclic) bond motifs is 2. The van der Waals surface area contributed by atoms with E-state index in [1.54, 1.807) is 19.0 Å². The lowest BCUT2D eigenvalue weighted by atomic mass is 9.94. The topological polar surface area (TPSA) is 83.5 Å². The van der Waals surface area contributed by atoms with Gasteiger partial charge in [0.15, 0.2) is 22.6 Å². The van der Waals surface area contributed by atoms with Crippen molar-refractivity contribution in [2.45, 2.75) is 25.8 Å². The molecule has 1 amide bonds. The van der Waals surface area contributed by atoms with E-state index in [1.165, 1.54) is 17.5 Å². The Hall–Kier alpha value is -3.27. The van der Waals surface area contributed by atoms with Crippen molar-refractivity contribution in [2.75, 3.05) is 37.0 Å². The monoisotopic (exact) mass is 454 g/mol. The molecule has 2 aliphatic rings. The van der Waals surface area contributed by atoms with Crippen LogP contribution in [-0.2, 0) is 6.42 Å². The first-order valence-electron chi connectivity index (χ1n) is 10.3. The Morgan fingerprint density at radius 2 is 2.09 bits per heavy atom. The van der Waals surface area contributed by atoms with Gasteiger partial charge in [-0.3, -0.25) is 4.79 Å². The molecule has 0 bridgehead atoms. The van der Waals surface area contributed by atoms with Gasteiger partial charge in [-0.1, -0.05) is 11.3 Å². The number of halogens is 1. The van der Waals surface area contributed by atoms with Crippen molar-refractivity contribution >= 4 is 33.9 Å². The van der Waals surface area contributed by atoms with Gasteiger partial charge in [0, 0.05) is 31.6 Å². The molecule has 10 heteroatoms. The Balaban J connectivity index is 1.55. The van der Waals surface area contributed by atoms with Crippen LogP contribution in [0.25, 0.3) is 11.4 Å². The number of amides is 1. The predicted molar refractivity (Wildman–Crippen MR) is 122 cm³/mol. The number of anilines is 3. The first-order chi connectivity index (χ1) is 15.2. The lowest BCUT2D eigenvalue weighted by molar-refractivity contribution is 0.0901. The number of carbonyl (C=O) groups is 1. The molecule has 0 unspecified atom stereocenters. The van der Waals surface area contributed by atoms with Gasteiger partial charge < -0.3 is 19.9 Å². The molecule has 2 aromatic heterocycles. The molecular weight excluding hydrogens is 431 g/mol. The van der Waals surface area contributed by atoms with Crippen molar-refractivity contribution in [3.8, 4) is 17.1 Å². The van der Waals surface area contributed by atoms with E-state index >= 15 is 0 Å². The molecule has 8 nitrogen and oxygen atoms in total. The Kier molecular flexibility index (Phi) is 4.77. The average molecular weight is 455 g/mol. The molecule has 1 aromatic carbocycles. The molecule has 166 valence electrons. The molecule has 0 aliphatic carbocycles. The molecule has 32 heavy (non-hydrogen) atoms. The Labute approximate surface area is 189 Å². The molecule has 4 heterocycles. The number of rotatable bonds is 3. The number of thiazole rings is 1. The van der Waals surface area contributed by atoms with Gasteiger partial charge in [0.2, 0.25) is 0 Å². The number of nitrogens with one attached hydrogen (secondary N) is 1. The fourth-order valence-corrected chi connectivity index (χ4v) is 4.96. The van der Waals surface area contributed by atoms with Crippen LogP contribution in [0.2, 0.25) is 0 Å². The average Bonchev–Trinajstić information content (AvgIpc) is 3.16. The van der Waals surface area contributed by atoms with Crippen LogP contribution in [0, 0.1) is 5.82 Å². The van der Waals surface area contributed by atoms with Gasteiger partial charge in [-0.05, 0) is 32.0 Å². The highest BCUT2D eigenvalue weighted by molar-refractivity contribution is 7.17. The second-order valence-electron chi connectivity index (χ2n) is 8.73. The van der Waals surface area contributed by atoms with Crippen molar-refractivity contribution < 1.29 is 13.9 Å². The zero-order chi connectivity index (χ0) is 22.6. The molecule has 0 fully saturated rings. The third kappa shape index (κ3) is 3.54. The molecule has 0 saturated carbocycles. The van der Waals surface area contributed by atoms with Crippen LogP contribution in [0.4, 0.5) is 21.0 Å². The van der Waals surface area contributed by atoms with Gasteiger partial charge in [-0.15, -0.1) is 0 Å². The fraction of sp³-hybridized carbons (Fsp3) is 0.364. The van der Waals surface area contributed by atoms with Gasteiger partial charge >= 0.3 is 0 Å². The van der Waals surface area contributed by atoms with Crippen LogP contribution in [0.3, 0.4) is 0 Å². The number of hydrogen-bond donors (Lipinski definition) is 1. The molecule has 0 saturated heterocycles. The SMILES string of the molecule is CN(C)c1nc(-c2ccc3c(c2)N(c2nc4c(s2)C(=O)NC(C)(C)C4)CCO3)ncc1F. The zero-order valence-corrected chi connectivity index (χ0v) is 19.1. The molecule has 5 rings (SSSR count). The van der Waals surface area contributed by atoms with Crippen molar-refractivity contribution in [3.05, 3.63) is 40.8 Å². The minimum atomic E-state index is -0.476. The van der Waals surface area contributed by atoms with Crippen molar-refractivity contribution in [1.29, 1.82) is 0 Å². The quantitative estimate of drug-likeness (QED) is 0.649. The third-order valence-corrected chi connectivity index (χ3v) is 6.53. The summed E-state index contributed by atoms with van der Waals surface area (Å²) in [4.78, 5) is 30.3. The summed E-state index contributed by atoms with van der Waals surface area (Å²) in [6.07, 6.45) is 1.86. The number of carbonyl (C=O) groups excluding carboxylic acids is 1. The normalized spacial score (nSPS) is 16.7. The smallest absolute Gasteiger partial charge is 0.263 e. The van der Waals surface area contributed by atoms with Gasteiger partial charge in [-0.25, -0.2) is 19.3 Å². The molecule has 0 atom stereocenters. The van der Waals surface area contributed by atoms with E-state index in [9.17, 15) is 9.18 Å². The fourth-order valence-electron chi connectivity index (χ4n) is 3.95. The molecule has 0 radical (unpaired) electrons. The number of aromatic nitrogens is 3. The van der Waals surface area contributed by atoms with Crippen LogP contribution >= 0.6 is 11.3 Å². The van der Waals surface area contributed by atoms with Crippen LogP contribution in [-0.4, -0.2) is 53.6 Å². The Bertz CT molecular complexity index is 1230. The van der Waals surface area contributed by atoms with E-state index in [-0.39, 0.29) is 17.3 Å². The van der Waals surface area contributed by atoms with Crippen LogP contribution in [0.5, 0.6) is 5.75 Å². The summed E-state index contributed by atoms with van der Waals surface area (Å²) in [7, 11) is 3.47. The highest BCUT2D eigenvalue weighted by Crippen LogP contribution is 2.42. The van der Waals surface area contributed by atoms with E-state index < -0.39 is 5.82 Å². The number of ether oxygens (including phenoxy) is 1. The first kappa shape index (κ1) is 20.6. The van der Waals surface area contributed by atoms with Crippen molar-refractivity contribution in [2.24, 2.45) is 0 Å². The molecule has 0 spiro atoms. The molecule has 1 N–H and O–H groups in total. The Morgan fingerprint density at radius 1 is 1.28 bits per heavy atom. The third-order valence-electron chi connectivity index (χ3n) is 5.41. The highest BCUT2D eigenvalue weighted by atomic mass is 32.1. The predicted octanol–water partition coefficient (Wildman–Crippen LogP) is 3.40. The standard InChI is InChI=1S/C22H23FN6O2S/c1-22(2)10-14-17(20(30)27-22)32-21(25-14)29-7-8-31-16-6-5-12(9-15(16)29)18-24-11-13(23)19(26-18)28(3)4/h5-6,9,11H,7-8,10H2,1-4H3,(H,27,30). The lowest BCUT2D eigenvalue weighted by Crippen LogP contribution is -2.48. The van der Waals surface area contributed by atoms with E-state index in [2.05, 4.69) is 20.2 Å². The van der Waals surface area contributed by atoms with Crippen LogP contribution in [0.1, 0.15) is 29.2 Å². The number of nitrogens with zero attached hydrogens (tertiary/aromatic N) is 5. The summed E-state index contributed by atoms with van der Waals surface area (Å²) >= 11 is 1.38. The number of benzene rings is 1. The second-order valence-corrected chi connectivity index (χ2v) is 9.71. The minimum absolute atomic E-state index is 0.0850. The number of hydrogen-bond acceptors (Lipinski definition) is 8. The summed E-state index contributed by atoms with van der Waals surface area (Å²) < 4.78 is 19.9. The van der Waals surface area contributed by atoms with Crippen LogP contribution < -0.4 is 19.9 Å². The summed E-state index contributed by atoms with van der Waals surface area (Å²) in [5.74, 6) is 0.798. The first-order valence-corrected chi connectivity index (χ1v) is 11.1. The maximum absolute atomic E-state index is 14.1. The minimum Gasteiger partial charge on any atom is -0.490 e. The summed E-state index contributed by atoms with van der Waals surface area (Å²) in [5, 5.41) is 3.78. The summed E-state index contributed by atoms with van der Waals surface area (Å²) in [6.45, 7) is 5.09. The van der Waals surface area contributed by atoms with E-state index in [4.69, 9.17) is 9.72 Å².